The van der Waals surface area contributed by atoms with E-state index < -0.39 is 23.9 Å². The van der Waals surface area contributed by atoms with E-state index in [-0.39, 0.29) is 12.5 Å². The van der Waals surface area contributed by atoms with Crippen molar-refractivity contribution in [3.63, 3.8) is 0 Å². The second-order valence-electron chi connectivity index (χ2n) is 5.78. The van der Waals surface area contributed by atoms with Gasteiger partial charge in [0.2, 0.25) is 0 Å². The van der Waals surface area contributed by atoms with Crippen molar-refractivity contribution in [2.24, 2.45) is 11.7 Å². The topological polar surface area (TPSA) is 123 Å². The number of hydrazine groups is 1. The molecular formula is C16H24N4O4. The van der Waals surface area contributed by atoms with E-state index in [4.69, 9.17) is 10.5 Å². The Labute approximate surface area is 141 Å². The molecule has 0 fully saturated rings. The third kappa shape index (κ3) is 5.79. The standard InChI is InChI=1S/C16H24N4O4/c1-9(2)13(18-16(17)23)15(22)20-19-12(21)8-24-14-10(3)6-5-7-11(14)4/h5-7,9,13H,8H2,1-4H3,(H,19,21)(H,20,22)(H3,17,18,23)/t13-/m0/s1. The summed E-state index contributed by atoms with van der Waals surface area (Å²) in [5.74, 6) is -0.647. The number of urea groups is 1. The fourth-order valence-electron chi connectivity index (χ4n) is 2.10. The summed E-state index contributed by atoms with van der Waals surface area (Å²) in [6, 6.07) is 4.00. The number of aryl methyl sites for hydroxylation is 2. The van der Waals surface area contributed by atoms with Gasteiger partial charge in [-0.3, -0.25) is 20.4 Å². The van der Waals surface area contributed by atoms with E-state index in [2.05, 4.69) is 16.2 Å². The van der Waals surface area contributed by atoms with E-state index in [1.54, 1.807) is 13.8 Å². The van der Waals surface area contributed by atoms with E-state index in [9.17, 15) is 14.4 Å². The summed E-state index contributed by atoms with van der Waals surface area (Å²) in [5.41, 5.74) is 11.3. The molecule has 1 aromatic rings. The van der Waals surface area contributed by atoms with E-state index in [1.165, 1.54) is 0 Å². The van der Waals surface area contributed by atoms with Crippen LogP contribution in [0.1, 0.15) is 25.0 Å². The number of nitrogens with one attached hydrogen (secondary N) is 3. The number of hydrogen-bond acceptors (Lipinski definition) is 4. The van der Waals surface area contributed by atoms with Gasteiger partial charge in [0.15, 0.2) is 6.61 Å². The van der Waals surface area contributed by atoms with Gasteiger partial charge in [-0.1, -0.05) is 32.0 Å². The first-order valence-corrected chi connectivity index (χ1v) is 7.56. The van der Waals surface area contributed by atoms with Crippen LogP contribution in [0.2, 0.25) is 0 Å². The minimum Gasteiger partial charge on any atom is -0.483 e. The lowest BCUT2D eigenvalue weighted by Gasteiger charge is -2.20. The lowest BCUT2D eigenvalue weighted by molar-refractivity contribution is -0.131. The van der Waals surface area contributed by atoms with Gasteiger partial charge in [0, 0.05) is 0 Å². The van der Waals surface area contributed by atoms with Gasteiger partial charge in [0.1, 0.15) is 11.8 Å². The summed E-state index contributed by atoms with van der Waals surface area (Å²) in [6.07, 6.45) is 0. The third-order valence-electron chi connectivity index (χ3n) is 3.33. The molecule has 0 radical (unpaired) electrons. The van der Waals surface area contributed by atoms with Gasteiger partial charge < -0.3 is 15.8 Å². The van der Waals surface area contributed by atoms with Crippen molar-refractivity contribution in [2.75, 3.05) is 6.61 Å². The van der Waals surface area contributed by atoms with Crippen LogP contribution in [0.5, 0.6) is 5.75 Å². The maximum atomic E-state index is 12.0. The molecule has 1 atom stereocenters. The van der Waals surface area contributed by atoms with Crippen LogP contribution in [0, 0.1) is 19.8 Å². The molecule has 0 aliphatic rings. The molecule has 0 saturated heterocycles. The minimum absolute atomic E-state index is 0.194. The molecule has 24 heavy (non-hydrogen) atoms. The second kappa shape index (κ2) is 8.76. The monoisotopic (exact) mass is 336 g/mol. The van der Waals surface area contributed by atoms with Crippen LogP contribution in [0.15, 0.2) is 18.2 Å². The molecule has 1 rings (SSSR count). The minimum atomic E-state index is -0.845. The third-order valence-corrected chi connectivity index (χ3v) is 3.33. The molecule has 0 bridgehead atoms. The number of carbonyl (C=O) groups is 3. The molecule has 0 aliphatic heterocycles. The fourth-order valence-corrected chi connectivity index (χ4v) is 2.10. The number of primary amides is 1. The number of hydrogen-bond donors (Lipinski definition) is 4. The molecular weight excluding hydrogens is 312 g/mol. The van der Waals surface area contributed by atoms with Crippen LogP contribution >= 0.6 is 0 Å². The summed E-state index contributed by atoms with van der Waals surface area (Å²) in [7, 11) is 0. The summed E-state index contributed by atoms with van der Waals surface area (Å²) in [5, 5.41) is 2.32. The van der Waals surface area contributed by atoms with Crippen molar-refractivity contribution in [3.05, 3.63) is 29.3 Å². The van der Waals surface area contributed by atoms with Crippen LogP contribution in [-0.4, -0.2) is 30.5 Å². The fraction of sp³-hybridized carbons (Fsp3) is 0.438. The number of para-hydroxylation sites is 1. The SMILES string of the molecule is Cc1cccc(C)c1OCC(=O)NNC(=O)[C@@H](NC(N)=O)C(C)C. The lowest BCUT2D eigenvalue weighted by Crippen LogP contribution is -2.55. The smallest absolute Gasteiger partial charge is 0.312 e. The van der Waals surface area contributed by atoms with Crippen LogP contribution < -0.4 is 26.6 Å². The highest BCUT2D eigenvalue weighted by atomic mass is 16.5. The van der Waals surface area contributed by atoms with E-state index in [0.29, 0.717) is 5.75 Å². The van der Waals surface area contributed by atoms with E-state index in [0.717, 1.165) is 11.1 Å². The van der Waals surface area contributed by atoms with Gasteiger partial charge in [0.25, 0.3) is 11.8 Å². The predicted octanol–water partition coefficient (Wildman–Crippen LogP) is 0.523. The Morgan fingerprint density at radius 3 is 2.21 bits per heavy atom. The first kappa shape index (κ1) is 19.3. The van der Waals surface area contributed by atoms with Crippen molar-refractivity contribution in [2.45, 2.75) is 33.7 Å². The zero-order valence-electron chi connectivity index (χ0n) is 14.3. The molecule has 1 aromatic carbocycles. The molecule has 0 heterocycles. The molecule has 0 aliphatic carbocycles. The van der Waals surface area contributed by atoms with Crippen molar-refractivity contribution in [1.29, 1.82) is 0 Å². The average Bonchev–Trinajstić information content (AvgIpc) is 2.49. The number of rotatable bonds is 6. The van der Waals surface area contributed by atoms with Crippen LogP contribution in [-0.2, 0) is 9.59 Å². The number of nitrogens with two attached hydrogens (primary N) is 1. The van der Waals surface area contributed by atoms with E-state index >= 15 is 0 Å². The Hall–Kier alpha value is -2.77. The summed E-state index contributed by atoms with van der Waals surface area (Å²) in [6.45, 7) is 7.00. The summed E-state index contributed by atoms with van der Waals surface area (Å²) in [4.78, 5) is 34.7. The van der Waals surface area contributed by atoms with Gasteiger partial charge in [-0.25, -0.2) is 4.79 Å². The quantitative estimate of drug-likeness (QED) is 0.566. The van der Waals surface area contributed by atoms with Gasteiger partial charge >= 0.3 is 6.03 Å². The number of ether oxygens (including phenoxy) is 1. The van der Waals surface area contributed by atoms with Crippen molar-refractivity contribution in [1.82, 2.24) is 16.2 Å². The molecule has 0 aromatic heterocycles. The largest absolute Gasteiger partial charge is 0.483 e. The van der Waals surface area contributed by atoms with Crippen molar-refractivity contribution >= 4 is 17.8 Å². The second-order valence-corrected chi connectivity index (χ2v) is 5.78. The van der Waals surface area contributed by atoms with Gasteiger partial charge in [-0.15, -0.1) is 0 Å². The highest BCUT2D eigenvalue weighted by Gasteiger charge is 2.23. The lowest BCUT2D eigenvalue weighted by atomic mass is 10.0. The van der Waals surface area contributed by atoms with Gasteiger partial charge in [0.05, 0.1) is 0 Å². The maximum Gasteiger partial charge on any atom is 0.312 e. The van der Waals surface area contributed by atoms with Crippen molar-refractivity contribution < 1.29 is 19.1 Å². The molecule has 5 N–H and O–H groups in total. The molecule has 0 unspecified atom stereocenters. The highest BCUT2D eigenvalue weighted by Crippen LogP contribution is 2.21. The molecule has 0 saturated carbocycles. The Kier molecular flexibility index (Phi) is 7.03. The van der Waals surface area contributed by atoms with Crippen LogP contribution in [0.3, 0.4) is 0 Å². The van der Waals surface area contributed by atoms with Crippen molar-refractivity contribution in [3.8, 4) is 5.75 Å². The Balaban J connectivity index is 2.51. The summed E-state index contributed by atoms with van der Waals surface area (Å²) >= 11 is 0. The zero-order chi connectivity index (χ0) is 18.3. The number of amides is 4. The predicted molar refractivity (Wildman–Crippen MR) is 89.0 cm³/mol. The first-order valence-electron chi connectivity index (χ1n) is 7.56. The molecule has 0 spiro atoms. The zero-order valence-corrected chi connectivity index (χ0v) is 14.3. The summed E-state index contributed by atoms with van der Waals surface area (Å²) < 4.78 is 5.48. The highest BCUT2D eigenvalue weighted by molar-refractivity contribution is 5.88. The Morgan fingerprint density at radius 2 is 1.71 bits per heavy atom. The van der Waals surface area contributed by atoms with Gasteiger partial charge in [-0.2, -0.15) is 0 Å². The Morgan fingerprint density at radius 1 is 1.12 bits per heavy atom. The van der Waals surface area contributed by atoms with E-state index in [1.807, 2.05) is 32.0 Å². The first-order chi connectivity index (χ1) is 11.2. The molecule has 8 nitrogen and oxygen atoms in total. The van der Waals surface area contributed by atoms with Gasteiger partial charge in [-0.05, 0) is 30.9 Å². The normalized spacial score (nSPS) is 11.5. The number of benzene rings is 1. The molecule has 8 heteroatoms. The van der Waals surface area contributed by atoms with Crippen LogP contribution in [0.25, 0.3) is 0 Å². The molecule has 4 amide bonds. The maximum absolute atomic E-state index is 12.0. The number of carbonyl (C=O) groups excluding carboxylic acids is 3. The molecule has 132 valence electrons. The Bertz CT molecular complexity index is 596. The average molecular weight is 336 g/mol. The van der Waals surface area contributed by atoms with Crippen LogP contribution in [0.4, 0.5) is 4.79 Å².